The number of halogens is 1. The zero-order valence-electron chi connectivity index (χ0n) is 11.6. The van der Waals surface area contributed by atoms with E-state index in [0.29, 0.717) is 0 Å². The minimum atomic E-state index is -0.491. The number of amides is 1. The lowest BCUT2D eigenvalue weighted by molar-refractivity contribution is -0.122. The zero-order chi connectivity index (χ0) is 14.3. The van der Waals surface area contributed by atoms with Crippen molar-refractivity contribution >= 4 is 27.5 Å². The SMILES string of the molecule is CN1C(=O)C(C)(Cc2ccccc2)c2cc(Br)ccc21. The van der Waals surface area contributed by atoms with E-state index in [-0.39, 0.29) is 5.91 Å². The number of likely N-dealkylation sites (N-methyl/N-ethyl adjacent to an activating group) is 1. The van der Waals surface area contributed by atoms with E-state index < -0.39 is 5.41 Å². The van der Waals surface area contributed by atoms with Crippen molar-refractivity contribution in [1.82, 2.24) is 0 Å². The average Bonchev–Trinajstić information content (AvgIpc) is 2.62. The van der Waals surface area contributed by atoms with E-state index >= 15 is 0 Å². The highest BCUT2D eigenvalue weighted by molar-refractivity contribution is 9.10. The summed E-state index contributed by atoms with van der Waals surface area (Å²) >= 11 is 3.51. The molecule has 1 aliphatic rings. The molecule has 1 atom stereocenters. The molecule has 0 radical (unpaired) electrons. The molecule has 1 aliphatic heterocycles. The van der Waals surface area contributed by atoms with Gasteiger partial charge in [-0.1, -0.05) is 46.3 Å². The minimum Gasteiger partial charge on any atom is -0.314 e. The van der Waals surface area contributed by atoms with Crippen LogP contribution in [0, 0.1) is 0 Å². The molecular formula is C17H16BrNO. The first-order valence-corrected chi connectivity index (χ1v) is 7.44. The Kier molecular flexibility index (Phi) is 3.17. The van der Waals surface area contributed by atoms with Crippen molar-refractivity contribution in [3.05, 3.63) is 64.1 Å². The summed E-state index contributed by atoms with van der Waals surface area (Å²) in [4.78, 5) is 14.5. The van der Waals surface area contributed by atoms with Crippen LogP contribution in [0.3, 0.4) is 0 Å². The minimum absolute atomic E-state index is 0.162. The molecule has 3 rings (SSSR count). The summed E-state index contributed by atoms with van der Waals surface area (Å²) < 4.78 is 1.01. The van der Waals surface area contributed by atoms with Crippen LogP contribution in [0.25, 0.3) is 0 Å². The number of nitrogens with zero attached hydrogens (tertiary/aromatic N) is 1. The first-order chi connectivity index (χ1) is 9.52. The fraction of sp³-hybridized carbons (Fsp3) is 0.235. The Morgan fingerprint density at radius 1 is 1.15 bits per heavy atom. The van der Waals surface area contributed by atoms with E-state index in [2.05, 4.69) is 34.1 Å². The molecule has 0 aliphatic carbocycles. The third-order valence-corrected chi connectivity index (χ3v) is 4.58. The van der Waals surface area contributed by atoms with Crippen molar-refractivity contribution in [2.45, 2.75) is 18.8 Å². The molecule has 0 N–H and O–H groups in total. The molecule has 0 saturated heterocycles. The van der Waals surface area contributed by atoms with E-state index in [1.54, 1.807) is 4.90 Å². The molecule has 2 aromatic carbocycles. The maximum atomic E-state index is 12.7. The van der Waals surface area contributed by atoms with Crippen LogP contribution in [0.2, 0.25) is 0 Å². The topological polar surface area (TPSA) is 20.3 Å². The molecule has 0 bridgehead atoms. The molecule has 0 fully saturated rings. The molecule has 20 heavy (non-hydrogen) atoms. The number of fused-ring (bicyclic) bond motifs is 1. The standard InChI is InChI=1S/C17H16BrNO/c1-17(11-12-6-4-3-5-7-12)14-10-13(18)8-9-15(14)19(2)16(17)20/h3-10H,11H2,1-2H3. The number of hydrogen-bond acceptors (Lipinski definition) is 1. The Labute approximate surface area is 127 Å². The molecule has 0 spiro atoms. The predicted molar refractivity (Wildman–Crippen MR) is 85.1 cm³/mol. The van der Waals surface area contributed by atoms with Gasteiger partial charge in [0.1, 0.15) is 0 Å². The van der Waals surface area contributed by atoms with Crippen LogP contribution >= 0.6 is 15.9 Å². The Morgan fingerprint density at radius 3 is 2.55 bits per heavy atom. The van der Waals surface area contributed by atoms with Gasteiger partial charge in [0, 0.05) is 17.2 Å². The highest BCUT2D eigenvalue weighted by Crippen LogP contribution is 2.44. The molecule has 2 nitrogen and oxygen atoms in total. The highest BCUT2D eigenvalue weighted by atomic mass is 79.9. The summed E-state index contributed by atoms with van der Waals surface area (Å²) in [5.41, 5.74) is 2.80. The second-order valence-corrected chi connectivity index (χ2v) is 6.44. The van der Waals surface area contributed by atoms with E-state index in [9.17, 15) is 4.79 Å². The maximum absolute atomic E-state index is 12.7. The van der Waals surface area contributed by atoms with Crippen LogP contribution in [-0.4, -0.2) is 13.0 Å². The second-order valence-electron chi connectivity index (χ2n) is 5.52. The van der Waals surface area contributed by atoms with Gasteiger partial charge in [-0.05, 0) is 42.7 Å². The van der Waals surface area contributed by atoms with Crippen LogP contribution in [-0.2, 0) is 16.6 Å². The van der Waals surface area contributed by atoms with Gasteiger partial charge in [0.15, 0.2) is 0 Å². The molecule has 1 unspecified atom stereocenters. The van der Waals surface area contributed by atoms with Gasteiger partial charge in [-0.15, -0.1) is 0 Å². The molecule has 102 valence electrons. The van der Waals surface area contributed by atoms with Crippen molar-refractivity contribution in [3.8, 4) is 0 Å². The molecule has 1 heterocycles. The number of hydrogen-bond donors (Lipinski definition) is 0. The van der Waals surface area contributed by atoms with Gasteiger partial charge in [-0.3, -0.25) is 4.79 Å². The Bertz CT molecular complexity index is 668. The summed E-state index contributed by atoms with van der Waals surface area (Å²) in [6, 6.07) is 16.2. The number of rotatable bonds is 2. The van der Waals surface area contributed by atoms with Gasteiger partial charge in [0.25, 0.3) is 0 Å². The van der Waals surface area contributed by atoms with E-state index in [1.165, 1.54) is 5.56 Å². The molecule has 2 aromatic rings. The summed E-state index contributed by atoms with van der Waals surface area (Å²) in [7, 11) is 1.85. The van der Waals surface area contributed by atoms with Crippen LogP contribution in [0.15, 0.2) is 53.0 Å². The first kappa shape index (κ1) is 13.4. The Morgan fingerprint density at radius 2 is 1.85 bits per heavy atom. The maximum Gasteiger partial charge on any atom is 0.237 e. The van der Waals surface area contributed by atoms with Crippen LogP contribution in [0.5, 0.6) is 0 Å². The van der Waals surface area contributed by atoms with Gasteiger partial charge >= 0.3 is 0 Å². The molecule has 0 saturated carbocycles. The summed E-state index contributed by atoms with van der Waals surface area (Å²) in [5.74, 6) is 0.162. The smallest absolute Gasteiger partial charge is 0.237 e. The van der Waals surface area contributed by atoms with Crippen molar-refractivity contribution in [2.24, 2.45) is 0 Å². The number of carbonyl (C=O) groups is 1. The largest absolute Gasteiger partial charge is 0.314 e. The van der Waals surface area contributed by atoms with Crippen LogP contribution in [0.4, 0.5) is 5.69 Å². The fourth-order valence-corrected chi connectivity index (χ4v) is 3.37. The van der Waals surface area contributed by atoms with Crippen molar-refractivity contribution in [3.63, 3.8) is 0 Å². The lowest BCUT2D eigenvalue weighted by atomic mass is 9.78. The van der Waals surface area contributed by atoms with E-state index in [1.807, 2.05) is 44.3 Å². The predicted octanol–water partition coefficient (Wildman–Crippen LogP) is 3.93. The van der Waals surface area contributed by atoms with Crippen LogP contribution in [0.1, 0.15) is 18.1 Å². The molecule has 0 aromatic heterocycles. The number of anilines is 1. The Hall–Kier alpha value is -1.61. The summed E-state index contributed by atoms with van der Waals surface area (Å²) in [6.45, 7) is 2.04. The third-order valence-electron chi connectivity index (χ3n) is 4.09. The second kappa shape index (κ2) is 4.74. The lowest BCUT2D eigenvalue weighted by Crippen LogP contribution is -2.37. The van der Waals surface area contributed by atoms with Gasteiger partial charge in [0.05, 0.1) is 5.41 Å². The Balaban J connectivity index is 2.09. The van der Waals surface area contributed by atoms with E-state index in [0.717, 1.165) is 22.1 Å². The molecule has 1 amide bonds. The molecular weight excluding hydrogens is 314 g/mol. The van der Waals surface area contributed by atoms with Gasteiger partial charge in [-0.2, -0.15) is 0 Å². The quantitative estimate of drug-likeness (QED) is 0.817. The molecule has 3 heteroatoms. The lowest BCUT2D eigenvalue weighted by Gasteiger charge is -2.23. The monoisotopic (exact) mass is 329 g/mol. The van der Waals surface area contributed by atoms with Crippen molar-refractivity contribution in [2.75, 3.05) is 11.9 Å². The summed E-state index contributed by atoms with van der Waals surface area (Å²) in [5, 5.41) is 0. The van der Waals surface area contributed by atoms with Crippen LogP contribution < -0.4 is 4.90 Å². The normalized spacial score (nSPS) is 21.1. The third kappa shape index (κ3) is 1.97. The average molecular weight is 330 g/mol. The zero-order valence-corrected chi connectivity index (χ0v) is 13.1. The number of carbonyl (C=O) groups excluding carboxylic acids is 1. The summed E-state index contributed by atoms with van der Waals surface area (Å²) in [6.07, 6.45) is 0.723. The van der Waals surface area contributed by atoms with Gasteiger partial charge in [-0.25, -0.2) is 0 Å². The fourth-order valence-electron chi connectivity index (χ4n) is 3.01. The highest BCUT2D eigenvalue weighted by Gasteiger charge is 2.45. The number of benzene rings is 2. The van der Waals surface area contributed by atoms with Crippen molar-refractivity contribution < 1.29 is 4.79 Å². The van der Waals surface area contributed by atoms with E-state index in [4.69, 9.17) is 0 Å². The van der Waals surface area contributed by atoms with Crippen molar-refractivity contribution in [1.29, 1.82) is 0 Å². The van der Waals surface area contributed by atoms with Gasteiger partial charge < -0.3 is 4.90 Å². The van der Waals surface area contributed by atoms with Gasteiger partial charge in [0.2, 0.25) is 5.91 Å². The first-order valence-electron chi connectivity index (χ1n) is 6.64.